The first-order valence-corrected chi connectivity index (χ1v) is 8.58. The van der Waals surface area contributed by atoms with E-state index in [0.717, 1.165) is 25.6 Å². The van der Waals surface area contributed by atoms with Crippen LogP contribution in [0.5, 0.6) is 0 Å². The molecular weight excluding hydrogens is 401 g/mol. The van der Waals surface area contributed by atoms with Crippen LogP contribution in [0.25, 0.3) is 0 Å². The summed E-state index contributed by atoms with van der Waals surface area (Å²) in [6.45, 7) is 5.64. The minimum atomic E-state index is 0. The van der Waals surface area contributed by atoms with Crippen LogP contribution < -0.4 is 5.32 Å². The van der Waals surface area contributed by atoms with Crippen LogP contribution in [0.1, 0.15) is 31.4 Å². The quantitative estimate of drug-likeness (QED) is 0.453. The molecule has 6 heteroatoms. The van der Waals surface area contributed by atoms with Gasteiger partial charge in [0, 0.05) is 45.1 Å². The largest absolute Gasteiger partial charge is 0.353 e. The van der Waals surface area contributed by atoms with Gasteiger partial charge in [-0.25, -0.2) is 0 Å². The Balaban J connectivity index is 0.00000192. The lowest BCUT2D eigenvalue weighted by Gasteiger charge is -2.32. The van der Waals surface area contributed by atoms with Gasteiger partial charge in [0.05, 0.1) is 6.54 Å². The maximum Gasteiger partial charge on any atom is 0.194 e. The van der Waals surface area contributed by atoms with Gasteiger partial charge in [-0.3, -0.25) is 9.89 Å². The highest BCUT2D eigenvalue weighted by molar-refractivity contribution is 14.0. The van der Waals surface area contributed by atoms with Gasteiger partial charge in [0.2, 0.25) is 0 Å². The fraction of sp³-hybridized carbons (Fsp3) is 0.706. The summed E-state index contributed by atoms with van der Waals surface area (Å²) in [7, 11) is 3.98. The van der Waals surface area contributed by atoms with Gasteiger partial charge in [0.15, 0.2) is 5.96 Å². The van der Waals surface area contributed by atoms with Crippen LogP contribution in [-0.4, -0.2) is 59.6 Å². The molecule has 1 atom stereocenters. The minimum Gasteiger partial charge on any atom is -0.353 e. The van der Waals surface area contributed by atoms with Gasteiger partial charge in [-0.1, -0.05) is 6.42 Å². The molecule has 0 aliphatic carbocycles. The number of likely N-dealkylation sites (tertiary alicyclic amines) is 2. The molecule has 1 aromatic heterocycles. The summed E-state index contributed by atoms with van der Waals surface area (Å²) in [4.78, 5) is 9.59. The highest BCUT2D eigenvalue weighted by atomic mass is 127. The highest BCUT2D eigenvalue weighted by Crippen LogP contribution is 2.20. The lowest BCUT2D eigenvalue weighted by atomic mass is 10.1. The smallest absolute Gasteiger partial charge is 0.194 e. The van der Waals surface area contributed by atoms with Gasteiger partial charge >= 0.3 is 0 Å². The maximum absolute atomic E-state index is 4.48. The zero-order chi connectivity index (χ0) is 15.4. The zero-order valence-electron chi connectivity index (χ0n) is 14.4. The number of nitrogens with zero attached hydrogens (tertiary/aromatic N) is 4. The molecular formula is C17H30IN5. The first kappa shape index (κ1) is 18.6. The second-order valence-electron chi connectivity index (χ2n) is 6.50. The van der Waals surface area contributed by atoms with Crippen molar-refractivity contribution in [2.75, 3.05) is 33.2 Å². The fourth-order valence-corrected chi connectivity index (χ4v) is 3.70. The van der Waals surface area contributed by atoms with Crippen molar-refractivity contribution in [3.05, 3.63) is 24.0 Å². The average molecular weight is 431 g/mol. The van der Waals surface area contributed by atoms with Crippen LogP contribution in [0, 0.1) is 0 Å². The Morgan fingerprint density at radius 3 is 2.70 bits per heavy atom. The standard InChI is InChI=1S/C17H29N5.HI/c1-18-17(19-13-15-7-6-9-20(15)2)22-12-8-16(14-22)21-10-4-3-5-11-21;/h6-7,9,16H,3-5,8,10-14H2,1-2H3,(H,18,19);1H. The van der Waals surface area contributed by atoms with Crippen molar-refractivity contribution in [2.24, 2.45) is 12.0 Å². The Morgan fingerprint density at radius 1 is 1.26 bits per heavy atom. The van der Waals surface area contributed by atoms with E-state index in [4.69, 9.17) is 0 Å². The second kappa shape index (κ2) is 8.92. The van der Waals surface area contributed by atoms with Crippen molar-refractivity contribution in [1.29, 1.82) is 0 Å². The normalized spacial score (nSPS) is 23.0. The van der Waals surface area contributed by atoms with E-state index in [9.17, 15) is 0 Å². The van der Waals surface area contributed by atoms with E-state index in [1.54, 1.807) is 0 Å². The molecule has 1 aromatic rings. The molecule has 0 spiro atoms. The monoisotopic (exact) mass is 431 g/mol. The lowest BCUT2D eigenvalue weighted by Crippen LogP contribution is -2.44. The van der Waals surface area contributed by atoms with Crippen LogP contribution >= 0.6 is 24.0 Å². The number of aromatic nitrogens is 1. The number of aliphatic imine (C=N–C) groups is 1. The van der Waals surface area contributed by atoms with Crippen molar-refractivity contribution in [3.8, 4) is 0 Å². The molecule has 2 fully saturated rings. The third-order valence-corrected chi connectivity index (χ3v) is 5.06. The predicted octanol–water partition coefficient (Wildman–Crippen LogP) is 2.28. The lowest BCUT2D eigenvalue weighted by molar-refractivity contribution is 0.168. The summed E-state index contributed by atoms with van der Waals surface area (Å²) in [5.74, 6) is 1.04. The summed E-state index contributed by atoms with van der Waals surface area (Å²) in [6, 6.07) is 4.96. The van der Waals surface area contributed by atoms with E-state index >= 15 is 0 Å². The SMILES string of the molecule is CN=C(NCc1cccn1C)N1CCC(N2CCCCC2)C1.I. The van der Waals surface area contributed by atoms with Gasteiger partial charge in [0.1, 0.15) is 0 Å². The summed E-state index contributed by atoms with van der Waals surface area (Å²) < 4.78 is 2.15. The number of hydrogen-bond acceptors (Lipinski definition) is 2. The maximum atomic E-state index is 4.48. The number of hydrogen-bond donors (Lipinski definition) is 1. The molecule has 23 heavy (non-hydrogen) atoms. The second-order valence-corrected chi connectivity index (χ2v) is 6.50. The van der Waals surface area contributed by atoms with Gasteiger partial charge < -0.3 is 14.8 Å². The third-order valence-electron chi connectivity index (χ3n) is 5.06. The Labute approximate surface area is 157 Å². The molecule has 3 heterocycles. The fourth-order valence-electron chi connectivity index (χ4n) is 3.70. The first-order chi connectivity index (χ1) is 10.8. The summed E-state index contributed by atoms with van der Waals surface area (Å²) in [6.07, 6.45) is 7.51. The van der Waals surface area contributed by atoms with Crippen LogP contribution in [0.15, 0.2) is 23.3 Å². The van der Waals surface area contributed by atoms with Crippen molar-refractivity contribution in [2.45, 2.75) is 38.3 Å². The minimum absolute atomic E-state index is 0. The molecule has 1 N–H and O–H groups in total. The van der Waals surface area contributed by atoms with Gasteiger partial charge in [-0.05, 0) is 44.5 Å². The molecule has 1 unspecified atom stereocenters. The van der Waals surface area contributed by atoms with E-state index in [-0.39, 0.29) is 24.0 Å². The molecule has 0 saturated carbocycles. The molecule has 130 valence electrons. The topological polar surface area (TPSA) is 35.8 Å². The molecule has 3 rings (SSSR count). The van der Waals surface area contributed by atoms with E-state index in [1.807, 2.05) is 7.05 Å². The predicted molar refractivity (Wildman–Crippen MR) is 106 cm³/mol. The van der Waals surface area contributed by atoms with Crippen molar-refractivity contribution in [1.82, 2.24) is 19.7 Å². The Hall–Kier alpha value is -0.760. The van der Waals surface area contributed by atoms with Crippen LogP contribution in [0.3, 0.4) is 0 Å². The van der Waals surface area contributed by atoms with Crippen LogP contribution in [-0.2, 0) is 13.6 Å². The van der Waals surface area contributed by atoms with E-state index < -0.39 is 0 Å². The zero-order valence-corrected chi connectivity index (χ0v) is 16.7. The number of nitrogens with one attached hydrogen (secondary N) is 1. The van der Waals surface area contributed by atoms with Gasteiger partial charge in [-0.2, -0.15) is 0 Å². The molecule has 2 aliphatic rings. The molecule has 5 nitrogen and oxygen atoms in total. The number of halogens is 1. The number of piperidine rings is 1. The number of rotatable bonds is 3. The number of guanidine groups is 1. The van der Waals surface area contributed by atoms with Gasteiger partial charge in [-0.15, -0.1) is 24.0 Å². The van der Waals surface area contributed by atoms with E-state index in [2.05, 4.69) is 50.1 Å². The van der Waals surface area contributed by atoms with Crippen LogP contribution in [0.4, 0.5) is 0 Å². The average Bonchev–Trinajstić information content (AvgIpc) is 3.19. The summed E-state index contributed by atoms with van der Waals surface area (Å²) >= 11 is 0. The summed E-state index contributed by atoms with van der Waals surface area (Å²) in [5, 5.41) is 3.51. The Bertz CT molecular complexity index is 507. The van der Waals surface area contributed by atoms with E-state index in [1.165, 1.54) is 44.5 Å². The first-order valence-electron chi connectivity index (χ1n) is 8.58. The molecule has 0 radical (unpaired) electrons. The molecule has 2 saturated heterocycles. The molecule has 0 aromatic carbocycles. The molecule has 2 aliphatic heterocycles. The van der Waals surface area contributed by atoms with Crippen molar-refractivity contribution < 1.29 is 0 Å². The van der Waals surface area contributed by atoms with Crippen LogP contribution in [0.2, 0.25) is 0 Å². The van der Waals surface area contributed by atoms with Crippen molar-refractivity contribution >= 4 is 29.9 Å². The highest BCUT2D eigenvalue weighted by Gasteiger charge is 2.29. The van der Waals surface area contributed by atoms with Crippen molar-refractivity contribution in [3.63, 3.8) is 0 Å². The summed E-state index contributed by atoms with van der Waals surface area (Å²) in [5.41, 5.74) is 1.29. The van der Waals surface area contributed by atoms with Gasteiger partial charge in [0.25, 0.3) is 0 Å². The Kier molecular flexibility index (Phi) is 7.20. The van der Waals surface area contributed by atoms with E-state index in [0.29, 0.717) is 6.04 Å². The number of aryl methyl sites for hydroxylation is 1. The molecule has 0 bridgehead atoms. The third kappa shape index (κ3) is 4.62. The molecule has 0 amide bonds. The Morgan fingerprint density at radius 2 is 2.04 bits per heavy atom.